The van der Waals surface area contributed by atoms with Crippen molar-refractivity contribution in [1.82, 2.24) is 10.1 Å². The number of carbonyl (C=O) groups excluding carboxylic acids is 1. The lowest BCUT2D eigenvalue weighted by atomic mass is 10.1. The first-order valence-electron chi connectivity index (χ1n) is 6.13. The van der Waals surface area contributed by atoms with Gasteiger partial charge in [0.25, 0.3) is 5.91 Å². The molecule has 2 rings (SSSR count). The van der Waals surface area contributed by atoms with E-state index in [0.717, 1.165) is 18.5 Å². The molecule has 2 heterocycles. The molecule has 0 aromatic carbocycles. The Morgan fingerprint density at radius 3 is 3.12 bits per heavy atom. The standard InChI is InChI=1S/C12H19N3O2/c1-3-8(2)10-6-11(17-14-10)12(16)15-5-4-9(13)7-15/h6,8-9H,3-5,7,13H2,1-2H3/t8-,9-/m1/s1. The quantitative estimate of drug-likeness (QED) is 0.861. The molecular weight excluding hydrogens is 218 g/mol. The average Bonchev–Trinajstić information content (AvgIpc) is 2.95. The maximum Gasteiger partial charge on any atom is 0.292 e. The van der Waals surface area contributed by atoms with Gasteiger partial charge in [0.2, 0.25) is 5.76 Å². The third-order valence-corrected chi connectivity index (χ3v) is 3.37. The summed E-state index contributed by atoms with van der Waals surface area (Å²) in [4.78, 5) is 13.8. The first-order valence-corrected chi connectivity index (χ1v) is 6.13. The van der Waals surface area contributed by atoms with Crippen molar-refractivity contribution in [3.8, 4) is 0 Å². The van der Waals surface area contributed by atoms with Crippen LogP contribution in [0.3, 0.4) is 0 Å². The molecule has 1 aromatic heterocycles. The second-order valence-electron chi connectivity index (χ2n) is 4.73. The normalized spacial score (nSPS) is 21.8. The molecule has 2 atom stereocenters. The van der Waals surface area contributed by atoms with Gasteiger partial charge in [-0.05, 0) is 12.8 Å². The van der Waals surface area contributed by atoms with Crippen molar-refractivity contribution in [3.63, 3.8) is 0 Å². The van der Waals surface area contributed by atoms with Gasteiger partial charge >= 0.3 is 0 Å². The molecule has 1 aromatic rings. The van der Waals surface area contributed by atoms with E-state index in [1.165, 1.54) is 0 Å². The van der Waals surface area contributed by atoms with Crippen molar-refractivity contribution in [2.45, 2.75) is 38.6 Å². The lowest BCUT2D eigenvalue weighted by Gasteiger charge is -2.12. The number of rotatable bonds is 3. The number of carbonyl (C=O) groups is 1. The van der Waals surface area contributed by atoms with Crippen LogP contribution in [0.2, 0.25) is 0 Å². The van der Waals surface area contributed by atoms with E-state index in [1.807, 2.05) is 0 Å². The second kappa shape index (κ2) is 4.87. The monoisotopic (exact) mass is 237 g/mol. The smallest absolute Gasteiger partial charge is 0.292 e. The minimum atomic E-state index is -0.0972. The van der Waals surface area contributed by atoms with Crippen LogP contribution in [-0.4, -0.2) is 35.1 Å². The fourth-order valence-corrected chi connectivity index (χ4v) is 1.96. The van der Waals surface area contributed by atoms with Gasteiger partial charge in [-0.2, -0.15) is 0 Å². The lowest BCUT2D eigenvalue weighted by molar-refractivity contribution is 0.0749. The highest BCUT2D eigenvalue weighted by Crippen LogP contribution is 2.20. The summed E-state index contributed by atoms with van der Waals surface area (Å²) in [7, 11) is 0. The van der Waals surface area contributed by atoms with Gasteiger partial charge in [-0.1, -0.05) is 19.0 Å². The predicted molar refractivity (Wildman–Crippen MR) is 63.7 cm³/mol. The van der Waals surface area contributed by atoms with E-state index in [4.69, 9.17) is 10.3 Å². The molecule has 2 N–H and O–H groups in total. The van der Waals surface area contributed by atoms with Crippen LogP contribution in [0.15, 0.2) is 10.6 Å². The summed E-state index contributed by atoms with van der Waals surface area (Å²) in [5.41, 5.74) is 6.62. The summed E-state index contributed by atoms with van der Waals surface area (Å²) < 4.78 is 5.12. The molecule has 17 heavy (non-hydrogen) atoms. The van der Waals surface area contributed by atoms with Crippen LogP contribution in [0.1, 0.15) is 48.9 Å². The van der Waals surface area contributed by atoms with E-state index in [9.17, 15) is 4.79 Å². The Hall–Kier alpha value is -1.36. The highest BCUT2D eigenvalue weighted by atomic mass is 16.5. The number of nitrogens with two attached hydrogens (primary N) is 1. The Labute approximate surface area is 101 Å². The Morgan fingerprint density at radius 2 is 2.53 bits per heavy atom. The van der Waals surface area contributed by atoms with Crippen molar-refractivity contribution >= 4 is 5.91 Å². The molecule has 1 amide bonds. The third kappa shape index (κ3) is 2.49. The van der Waals surface area contributed by atoms with E-state index >= 15 is 0 Å². The third-order valence-electron chi connectivity index (χ3n) is 3.37. The lowest BCUT2D eigenvalue weighted by Crippen LogP contribution is -2.31. The molecule has 94 valence electrons. The Balaban J connectivity index is 2.07. The molecule has 1 aliphatic heterocycles. The number of nitrogens with zero attached hydrogens (tertiary/aromatic N) is 2. The summed E-state index contributed by atoms with van der Waals surface area (Å²) >= 11 is 0. The topological polar surface area (TPSA) is 72.4 Å². The summed E-state index contributed by atoms with van der Waals surface area (Å²) in [6, 6.07) is 1.84. The highest BCUT2D eigenvalue weighted by molar-refractivity contribution is 5.91. The van der Waals surface area contributed by atoms with Gasteiger partial charge in [-0.3, -0.25) is 4.79 Å². The maximum absolute atomic E-state index is 12.1. The van der Waals surface area contributed by atoms with Crippen LogP contribution in [0.5, 0.6) is 0 Å². The molecule has 1 fully saturated rings. The van der Waals surface area contributed by atoms with Crippen LogP contribution < -0.4 is 5.73 Å². The van der Waals surface area contributed by atoms with E-state index in [0.29, 0.717) is 24.8 Å². The second-order valence-corrected chi connectivity index (χ2v) is 4.73. The van der Waals surface area contributed by atoms with Gasteiger partial charge in [0.15, 0.2) is 0 Å². The summed E-state index contributed by atoms with van der Waals surface area (Å²) in [5.74, 6) is 0.551. The van der Waals surface area contributed by atoms with Crippen molar-refractivity contribution in [3.05, 3.63) is 17.5 Å². The highest BCUT2D eigenvalue weighted by Gasteiger charge is 2.27. The van der Waals surface area contributed by atoms with Crippen molar-refractivity contribution < 1.29 is 9.32 Å². The fourth-order valence-electron chi connectivity index (χ4n) is 1.96. The largest absolute Gasteiger partial charge is 0.351 e. The van der Waals surface area contributed by atoms with Gasteiger partial charge in [0.05, 0.1) is 5.69 Å². The molecule has 1 saturated heterocycles. The molecule has 0 spiro atoms. The molecular formula is C12H19N3O2. The van der Waals surface area contributed by atoms with Crippen LogP contribution in [-0.2, 0) is 0 Å². The molecule has 5 heteroatoms. The van der Waals surface area contributed by atoms with Gasteiger partial charge in [0.1, 0.15) is 0 Å². The molecule has 0 bridgehead atoms. The summed E-state index contributed by atoms with van der Waals surface area (Å²) in [6.45, 7) is 5.47. The SMILES string of the molecule is CC[C@@H](C)c1cc(C(=O)N2CC[C@@H](N)C2)on1. The van der Waals surface area contributed by atoms with Crippen LogP contribution in [0.25, 0.3) is 0 Å². The molecule has 5 nitrogen and oxygen atoms in total. The predicted octanol–water partition coefficient (Wildman–Crippen LogP) is 1.36. The Kier molecular flexibility index (Phi) is 3.47. The summed E-state index contributed by atoms with van der Waals surface area (Å²) in [6.07, 6.45) is 1.84. The minimum Gasteiger partial charge on any atom is -0.351 e. The Morgan fingerprint density at radius 1 is 1.76 bits per heavy atom. The van der Waals surface area contributed by atoms with Gasteiger partial charge in [-0.25, -0.2) is 0 Å². The molecule has 0 aliphatic carbocycles. The fraction of sp³-hybridized carbons (Fsp3) is 0.667. The maximum atomic E-state index is 12.1. The minimum absolute atomic E-state index is 0.0934. The van der Waals surface area contributed by atoms with Crippen molar-refractivity contribution in [1.29, 1.82) is 0 Å². The number of amides is 1. The first kappa shape index (κ1) is 12.1. The zero-order valence-corrected chi connectivity index (χ0v) is 10.3. The number of hydrogen-bond donors (Lipinski definition) is 1. The number of aromatic nitrogens is 1. The molecule has 0 radical (unpaired) electrons. The van der Waals surface area contributed by atoms with Gasteiger partial charge < -0.3 is 15.2 Å². The number of hydrogen-bond acceptors (Lipinski definition) is 4. The zero-order valence-electron chi connectivity index (χ0n) is 10.3. The van der Waals surface area contributed by atoms with Gasteiger partial charge in [-0.15, -0.1) is 0 Å². The van der Waals surface area contributed by atoms with Crippen molar-refractivity contribution in [2.24, 2.45) is 5.73 Å². The van der Waals surface area contributed by atoms with Crippen LogP contribution in [0.4, 0.5) is 0 Å². The Bertz CT molecular complexity index is 402. The number of likely N-dealkylation sites (tertiary alicyclic amines) is 1. The zero-order chi connectivity index (χ0) is 12.4. The van der Waals surface area contributed by atoms with Crippen molar-refractivity contribution in [2.75, 3.05) is 13.1 Å². The molecule has 0 saturated carbocycles. The molecule has 1 aliphatic rings. The van der Waals surface area contributed by atoms with E-state index in [-0.39, 0.29) is 11.9 Å². The van der Waals surface area contributed by atoms with E-state index in [2.05, 4.69) is 19.0 Å². The van der Waals surface area contributed by atoms with Gasteiger partial charge in [0, 0.05) is 31.1 Å². The van der Waals surface area contributed by atoms with Crippen LogP contribution >= 0.6 is 0 Å². The van der Waals surface area contributed by atoms with E-state index < -0.39 is 0 Å². The summed E-state index contributed by atoms with van der Waals surface area (Å²) in [5, 5.41) is 3.94. The van der Waals surface area contributed by atoms with Crippen LogP contribution in [0, 0.1) is 0 Å². The van der Waals surface area contributed by atoms with E-state index in [1.54, 1.807) is 11.0 Å². The average molecular weight is 237 g/mol. The molecule has 0 unspecified atom stereocenters. The first-order chi connectivity index (χ1) is 8.11.